The fraction of sp³-hybridized carbons (Fsp3) is 0.812. The lowest BCUT2D eigenvalue weighted by atomic mass is 9.93. The number of hydrogen-bond donors (Lipinski definition) is 0. The van der Waals surface area contributed by atoms with Crippen LogP contribution in [0.15, 0.2) is 4.52 Å². The molecule has 1 saturated carbocycles. The molecule has 0 radical (unpaired) electrons. The Kier molecular flexibility index (Phi) is 5.75. The van der Waals surface area contributed by atoms with Gasteiger partial charge in [-0.25, -0.2) is 0 Å². The lowest BCUT2D eigenvalue weighted by Gasteiger charge is -2.29. The molecule has 0 bridgehead atoms. The van der Waals surface area contributed by atoms with E-state index in [9.17, 15) is 0 Å². The van der Waals surface area contributed by atoms with Crippen molar-refractivity contribution in [3.63, 3.8) is 0 Å². The average Bonchev–Trinajstić information content (AvgIpc) is 2.79. The van der Waals surface area contributed by atoms with Gasteiger partial charge in [0, 0.05) is 19.4 Å². The molecular weight excluding hydrogens is 266 g/mol. The van der Waals surface area contributed by atoms with Crippen LogP contribution in [0.2, 0.25) is 0 Å². The van der Waals surface area contributed by atoms with Crippen LogP contribution in [-0.4, -0.2) is 16.7 Å². The summed E-state index contributed by atoms with van der Waals surface area (Å²) in [6, 6.07) is 2.18. The van der Waals surface area contributed by atoms with E-state index in [1.54, 1.807) is 0 Å². The van der Waals surface area contributed by atoms with Crippen molar-refractivity contribution in [3.8, 4) is 6.07 Å². The molecule has 0 N–H and O–H groups in total. The Morgan fingerprint density at radius 2 is 2.05 bits per heavy atom. The fourth-order valence-corrected chi connectivity index (χ4v) is 3.06. The van der Waals surface area contributed by atoms with E-state index in [-0.39, 0.29) is 11.5 Å². The second-order valence-corrected chi connectivity index (χ2v) is 6.02. The van der Waals surface area contributed by atoms with E-state index in [2.05, 4.69) is 16.2 Å². The second kappa shape index (κ2) is 7.56. The highest BCUT2D eigenvalue weighted by molar-refractivity contribution is 5.03. The van der Waals surface area contributed by atoms with Gasteiger partial charge < -0.3 is 9.26 Å². The second-order valence-electron chi connectivity index (χ2n) is 6.02. The van der Waals surface area contributed by atoms with E-state index in [0.717, 1.165) is 25.7 Å². The van der Waals surface area contributed by atoms with Gasteiger partial charge in [0.15, 0.2) is 0 Å². The molecule has 1 aliphatic rings. The fourth-order valence-electron chi connectivity index (χ4n) is 3.06. The summed E-state index contributed by atoms with van der Waals surface area (Å²) in [5.74, 6) is 1.56. The van der Waals surface area contributed by atoms with Crippen LogP contribution in [0, 0.1) is 17.2 Å². The quantitative estimate of drug-likeness (QED) is 0.746. The molecule has 1 fully saturated rings. The minimum Gasteiger partial charge on any atom is -0.367 e. The first-order valence-corrected chi connectivity index (χ1v) is 8.04. The van der Waals surface area contributed by atoms with E-state index in [4.69, 9.17) is 14.5 Å². The zero-order valence-corrected chi connectivity index (χ0v) is 13.1. The summed E-state index contributed by atoms with van der Waals surface area (Å²) in [4.78, 5) is 4.58. The molecule has 2 rings (SSSR count). The molecule has 0 saturated heterocycles. The summed E-state index contributed by atoms with van der Waals surface area (Å²) in [5, 5.41) is 12.9. The maximum Gasteiger partial charge on any atom is 0.227 e. The van der Waals surface area contributed by atoms with Crippen LogP contribution in [-0.2, 0) is 16.8 Å². The van der Waals surface area contributed by atoms with Crippen LogP contribution in [0.4, 0.5) is 0 Å². The van der Waals surface area contributed by atoms with Crippen LogP contribution < -0.4 is 0 Å². The number of aromatic nitrogens is 2. The smallest absolute Gasteiger partial charge is 0.227 e. The molecule has 21 heavy (non-hydrogen) atoms. The summed E-state index contributed by atoms with van der Waals surface area (Å²) < 4.78 is 11.5. The summed E-state index contributed by atoms with van der Waals surface area (Å²) >= 11 is 0. The maximum absolute atomic E-state index is 8.73. The highest BCUT2D eigenvalue weighted by atomic mass is 16.5. The highest BCUT2D eigenvalue weighted by Crippen LogP contribution is 2.38. The van der Waals surface area contributed by atoms with E-state index in [0.29, 0.717) is 31.2 Å². The van der Waals surface area contributed by atoms with Crippen molar-refractivity contribution in [3.05, 3.63) is 11.7 Å². The summed E-state index contributed by atoms with van der Waals surface area (Å²) in [5.41, 5.74) is -0.370. The number of rotatable bonds is 6. The minimum absolute atomic E-state index is 0.237. The third kappa shape index (κ3) is 4.04. The Morgan fingerprint density at radius 1 is 1.33 bits per heavy atom. The van der Waals surface area contributed by atoms with Crippen LogP contribution in [0.5, 0.6) is 0 Å². The number of nitriles is 1. The topological polar surface area (TPSA) is 71.9 Å². The molecule has 5 heteroatoms. The minimum atomic E-state index is -0.370. The molecule has 0 spiro atoms. The molecule has 5 nitrogen and oxygen atoms in total. The zero-order valence-electron chi connectivity index (χ0n) is 13.1. The monoisotopic (exact) mass is 291 g/mol. The Hall–Kier alpha value is -1.41. The van der Waals surface area contributed by atoms with E-state index < -0.39 is 0 Å². The summed E-state index contributed by atoms with van der Waals surface area (Å²) in [7, 11) is 0. The first-order chi connectivity index (χ1) is 10.2. The predicted octanol–water partition coefficient (Wildman–Crippen LogP) is 3.75. The molecular formula is C16H25N3O2. The van der Waals surface area contributed by atoms with Crippen molar-refractivity contribution in [1.82, 2.24) is 10.1 Å². The van der Waals surface area contributed by atoms with E-state index in [1.807, 2.05) is 13.8 Å². The van der Waals surface area contributed by atoms with Gasteiger partial charge in [0.25, 0.3) is 0 Å². The molecule has 0 aromatic carbocycles. The molecule has 1 aromatic rings. The van der Waals surface area contributed by atoms with Crippen molar-refractivity contribution in [2.24, 2.45) is 5.92 Å². The SMILES string of the molecule is CCOC1(c2noc(CC(C)CC#N)n2)CCCCCC1. The predicted molar refractivity (Wildman–Crippen MR) is 78.4 cm³/mol. The van der Waals surface area contributed by atoms with Gasteiger partial charge in [0.05, 0.1) is 6.07 Å². The van der Waals surface area contributed by atoms with Crippen LogP contribution >= 0.6 is 0 Å². The third-order valence-electron chi connectivity index (χ3n) is 4.17. The molecule has 0 amide bonds. The third-order valence-corrected chi connectivity index (χ3v) is 4.17. The van der Waals surface area contributed by atoms with Gasteiger partial charge in [-0.3, -0.25) is 0 Å². The Morgan fingerprint density at radius 3 is 2.67 bits per heavy atom. The lowest BCUT2D eigenvalue weighted by molar-refractivity contribution is -0.0636. The Labute approximate surface area is 126 Å². The molecule has 1 unspecified atom stereocenters. The Bertz CT molecular complexity index is 470. The van der Waals surface area contributed by atoms with Crippen molar-refractivity contribution < 1.29 is 9.26 Å². The number of ether oxygens (including phenoxy) is 1. The molecule has 1 heterocycles. The first kappa shape index (κ1) is 16.0. The van der Waals surface area contributed by atoms with E-state index in [1.165, 1.54) is 12.8 Å². The zero-order chi connectivity index (χ0) is 15.1. The molecule has 1 aromatic heterocycles. The van der Waals surface area contributed by atoms with Crippen LogP contribution in [0.25, 0.3) is 0 Å². The van der Waals surface area contributed by atoms with E-state index >= 15 is 0 Å². The standard InChI is InChI=1S/C16H25N3O2/c1-3-20-16(9-6-4-5-7-10-16)15-18-14(21-19-15)12-13(2)8-11-17/h13H,3-10,12H2,1-2H3. The summed E-state index contributed by atoms with van der Waals surface area (Å²) in [6.45, 7) is 4.70. The first-order valence-electron chi connectivity index (χ1n) is 8.04. The van der Waals surface area contributed by atoms with Gasteiger partial charge in [0.1, 0.15) is 5.60 Å². The van der Waals surface area contributed by atoms with Gasteiger partial charge >= 0.3 is 0 Å². The van der Waals surface area contributed by atoms with Crippen LogP contribution in [0.3, 0.4) is 0 Å². The van der Waals surface area contributed by atoms with Gasteiger partial charge in [-0.15, -0.1) is 0 Å². The largest absolute Gasteiger partial charge is 0.367 e. The number of nitrogens with zero attached hydrogens (tertiary/aromatic N) is 3. The highest BCUT2D eigenvalue weighted by Gasteiger charge is 2.38. The molecule has 116 valence electrons. The van der Waals surface area contributed by atoms with Gasteiger partial charge in [0.2, 0.25) is 11.7 Å². The number of hydrogen-bond acceptors (Lipinski definition) is 5. The van der Waals surface area contributed by atoms with Crippen LogP contribution in [0.1, 0.15) is 70.5 Å². The Balaban J connectivity index is 2.13. The van der Waals surface area contributed by atoms with Crippen molar-refractivity contribution >= 4 is 0 Å². The van der Waals surface area contributed by atoms with Gasteiger partial charge in [-0.05, 0) is 25.7 Å². The van der Waals surface area contributed by atoms with Crippen molar-refractivity contribution in [2.75, 3.05) is 6.61 Å². The summed E-state index contributed by atoms with van der Waals surface area (Å²) in [6.07, 6.45) is 7.89. The molecule has 1 atom stereocenters. The van der Waals surface area contributed by atoms with Crippen molar-refractivity contribution in [1.29, 1.82) is 5.26 Å². The van der Waals surface area contributed by atoms with Crippen molar-refractivity contribution in [2.45, 2.75) is 70.8 Å². The van der Waals surface area contributed by atoms with Gasteiger partial charge in [-0.1, -0.05) is 37.8 Å². The maximum atomic E-state index is 8.73. The van der Waals surface area contributed by atoms with Gasteiger partial charge in [-0.2, -0.15) is 10.2 Å². The molecule has 1 aliphatic carbocycles. The average molecular weight is 291 g/mol. The normalized spacial score (nSPS) is 19.7. The lowest BCUT2D eigenvalue weighted by Crippen LogP contribution is -2.30. The molecule has 0 aliphatic heterocycles.